The summed E-state index contributed by atoms with van der Waals surface area (Å²) in [4.78, 5) is 25.4. The number of carbonyl (C=O) groups is 1. The molecule has 1 aliphatic heterocycles. The molecule has 3 aromatic rings. The van der Waals surface area contributed by atoms with Crippen molar-refractivity contribution in [2.45, 2.75) is 57.9 Å². The van der Waals surface area contributed by atoms with Gasteiger partial charge in [0.2, 0.25) is 5.91 Å². The summed E-state index contributed by atoms with van der Waals surface area (Å²) in [5, 5.41) is 11.8. The number of rotatable bonds is 10. The fourth-order valence-electron chi connectivity index (χ4n) is 5.49. The number of nitrogens with zero attached hydrogens (tertiary/aromatic N) is 3. The lowest BCUT2D eigenvalue weighted by Crippen LogP contribution is -2.39. The number of benzene rings is 2. The number of likely N-dealkylation sites (tertiary alicyclic amines) is 1. The number of hydrogen-bond donors (Lipinski definition) is 0. The lowest BCUT2D eigenvalue weighted by molar-refractivity contribution is -0.384. The average Bonchev–Trinajstić information content (AvgIpc) is 3.17. The SMILES string of the molecule is COCCCn1c(C2CCCN(C(=O)CCCc3ccc([N+](=O)[O-])cc3)C2)c(C)c2cccc(F)c21. The van der Waals surface area contributed by atoms with Gasteiger partial charge in [0, 0.05) is 68.9 Å². The molecule has 0 radical (unpaired) electrons. The highest BCUT2D eigenvalue weighted by Gasteiger charge is 2.29. The molecule has 36 heavy (non-hydrogen) atoms. The van der Waals surface area contributed by atoms with Crippen LogP contribution in [-0.4, -0.2) is 47.1 Å². The van der Waals surface area contributed by atoms with Crippen molar-refractivity contribution in [3.05, 3.63) is 75.2 Å². The van der Waals surface area contributed by atoms with Gasteiger partial charge < -0.3 is 14.2 Å². The summed E-state index contributed by atoms with van der Waals surface area (Å²) in [6, 6.07) is 11.8. The highest BCUT2D eigenvalue weighted by Crippen LogP contribution is 2.36. The van der Waals surface area contributed by atoms with E-state index in [1.807, 2.05) is 11.0 Å². The second-order valence-corrected chi connectivity index (χ2v) is 9.60. The molecule has 0 N–H and O–H groups in total. The number of aromatic nitrogens is 1. The molecular formula is C28H34FN3O4. The highest BCUT2D eigenvalue weighted by molar-refractivity contribution is 5.86. The summed E-state index contributed by atoms with van der Waals surface area (Å²) in [7, 11) is 1.67. The number of halogens is 1. The maximum atomic E-state index is 14.9. The number of ether oxygens (including phenoxy) is 1. The molecule has 7 nitrogen and oxygen atoms in total. The van der Waals surface area contributed by atoms with Crippen LogP contribution in [0, 0.1) is 22.9 Å². The highest BCUT2D eigenvalue weighted by atomic mass is 19.1. The topological polar surface area (TPSA) is 77.6 Å². The molecule has 2 heterocycles. The number of hydrogen-bond acceptors (Lipinski definition) is 4. The summed E-state index contributed by atoms with van der Waals surface area (Å²) < 4.78 is 22.3. The van der Waals surface area contributed by atoms with Crippen molar-refractivity contribution in [3.8, 4) is 0 Å². The van der Waals surface area contributed by atoms with Gasteiger partial charge in [0.1, 0.15) is 5.82 Å². The monoisotopic (exact) mass is 495 g/mol. The quantitative estimate of drug-likeness (QED) is 0.203. The van der Waals surface area contributed by atoms with Crippen LogP contribution in [0.15, 0.2) is 42.5 Å². The number of methoxy groups -OCH3 is 1. The Hall–Kier alpha value is -3.26. The minimum Gasteiger partial charge on any atom is -0.385 e. The first-order chi connectivity index (χ1) is 17.4. The first-order valence-corrected chi connectivity index (χ1v) is 12.7. The number of carbonyl (C=O) groups excluding carboxylic acids is 1. The van der Waals surface area contributed by atoms with Crippen molar-refractivity contribution in [2.24, 2.45) is 0 Å². The van der Waals surface area contributed by atoms with E-state index in [2.05, 4.69) is 11.5 Å². The Labute approximate surface area is 211 Å². The number of aryl methyl sites for hydroxylation is 3. The van der Waals surface area contributed by atoms with Crippen LogP contribution < -0.4 is 0 Å². The molecule has 4 rings (SSSR count). The van der Waals surface area contributed by atoms with Gasteiger partial charge in [-0.15, -0.1) is 0 Å². The van der Waals surface area contributed by atoms with E-state index in [9.17, 15) is 19.3 Å². The molecule has 0 spiro atoms. The van der Waals surface area contributed by atoms with Gasteiger partial charge in [-0.2, -0.15) is 0 Å². The third kappa shape index (κ3) is 5.59. The smallest absolute Gasteiger partial charge is 0.269 e. The number of nitro benzene ring substituents is 1. The van der Waals surface area contributed by atoms with E-state index in [1.54, 1.807) is 25.3 Å². The summed E-state index contributed by atoms with van der Waals surface area (Å²) in [6.45, 7) is 4.73. The van der Waals surface area contributed by atoms with Crippen molar-refractivity contribution in [1.29, 1.82) is 0 Å². The standard InChI is InChI=1S/C28H34FN3O4/c1-20-24-9-4-10-25(29)28(24)31(17-6-18-36-2)27(20)22-8-5-16-30(19-22)26(33)11-3-7-21-12-14-23(15-13-21)32(34)35/h4,9-10,12-15,22H,3,5-8,11,16-19H2,1-2H3. The largest absolute Gasteiger partial charge is 0.385 e. The number of non-ortho nitro benzene ring substituents is 1. The van der Waals surface area contributed by atoms with E-state index in [4.69, 9.17) is 4.74 Å². The van der Waals surface area contributed by atoms with E-state index < -0.39 is 4.92 Å². The van der Waals surface area contributed by atoms with Crippen LogP contribution in [0.25, 0.3) is 10.9 Å². The Kier molecular flexibility index (Phi) is 8.36. The van der Waals surface area contributed by atoms with Gasteiger partial charge in [-0.1, -0.05) is 24.3 Å². The molecule has 0 bridgehead atoms. The van der Waals surface area contributed by atoms with Crippen molar-refractivity contribution < 1.29 is 18.8 Å². The zero-order valence-corrected chi connectivity index (χ0v) is 21.0. The molecular weight excluding hydrogens is 461 g/mol. The molecule has 2 aromatic carbocycles. The van der Waals surface area contributed by atoms with Crippen LogP contribution in [-0.2, 0) is 22.5 Å². The van der Waals surface area contributed by atoms with Crippen LogP contribution in [0.3, 0.4) is 0 Å². The minimum absolute atomic E-state index is 0.0731. The summed E-state index contributed by atoms with van der Waals surface area (Å²) in [6.07, 6.45) is 4.51. The molecule has 1 amide bonds. The number of piperidine rings is 1. The van der Waals surface area contributed by atoms with Crippen LogP contribution in [0.1, 0.15) is 54.8 Å². The van der Waals surface area contributed by atoms with E-state index in [-0.39, 0.29) is 23.3 Å². The second-order valence-electron chi connectivity index (χ2n) is 9.60. The van der Waals surface area contributed by atoms with Gasteiger partial charge >= 0.3 is 0 Å². The second kappa shape index (κ2) is 11.6. The van der Waals surface area contributed by atoms with Crippen LogP contribution in [0.2, 0.25) is 0 Å². The normalized spacial score (nSPS) is 16.0. The lowest BCUT2D eigenvalue weighted by atomic mass is 9.91. The van der Waals surface area contributed by atoms with Gasteiger partial charge in [-0.25, -0.2) is 4.39 Å². The Morgan fingerprint density at radius 1 is 1.19 bits per heavy atom. The first kappa shape index (κ1) is 25.8. The van der Waals surface area contributed by atoms with Crippen LogP contribution >= 0.6 is 0 Å². The molecule has 1 aliphatic rings. The van der Waals surface area contributed by atoms with Crippen molar-refractivity contribution >= 4 is 22.5 Å². The predicted molar refractivity (Wildman–Crippen MR) is 138 cm³/mol. The zero-order valence-electron chi connectivity index (χ0n) is 21.0. The van der Waals surface area contributed by atoms with Gasteiger partial charge in [0.25, 0.3) is 5.69 Å². The Morgan fingerprint density at radius 3 is 2.69 bits per heavy atom. The summed E-state index contributed by atoms with van der Waals surface area (Å²) in [5.41, 5.74) is 3.94. The van der Waals surface area contributed by atoms with Crippen molar-refractivity contribution in [1.82, 2.24) is 9.47 Å². The molecule has 192 valence electrons. The fraction of sp³-hybridized carbons (Fsp3) is 0.464. The van der Waals surface area contributed by atoms with Gasteiger partial charge in [0.15, 0.2) is 0 Å². The van der Waals surface area contributed by atoms with Crippen molar-refractivity contribution in [2.75, 3.05) is 26.8 Å². The van der Waals surface area contributed by atoms with Crippen LogP contribution in [0.4, 0.5) is 10.1 Å². The number of para-hydroxylation sites is 1. The van der Waals surface area contributed by atoms with Crippen LogP contribution in [0.5, 0.6) is 0 Å². The summed E-state index contributed by atoms with van der Waals surface area (Å²) >= 11 is 0. The van der Waals surface area contributed by atoms with Gasteiger partial charge in [-0.05, 0) is 56.2 Å². The average molecular weight is 496 g/mol. The van der Waals surface area contributed by atoms with Gasteiger partial charge in [0.05, 0.1) is 10.4 Å². The number of nitro groups is 1. The molecule has 1 aromatic heterocycles. The Bertz CT molecular complexity index is 1220. The Morgan fingerprint density at radius 2 is 1.97 bits per heavy atom. The Balaban J connectivity index is 1.45. The fourth-order valence-corrected chi connectivity index (χ4v) is 5.49. The van der Waals surface area contributed by atoms with Crippen molar-refractivity contribution in [3.63, 3.8) is 0 Å². The molecule has 8 heteroatoms. The lowest BCUT2D eigenvalue weighted by Gasteiger charge is -2.34. The maximum absolute atomic E-state index is 14.9. The molecule has 1 fully saturated rings. The van der Waals surface area contributed by atoms with E-state index in [0.717, 1.165) is 48.0 Å². The van der Waals surface area contributed by atoms with Gasteiger partial charge in [-0.3, -0.25) is 14.9 Å². The molecule has 1 unspecified atom stereocenters. The van der Waals surface area contributed by atoms with E-state index in [1.165, 1.54) is 18.2 Å². The molecule has 0 aliphatic carbocycles. The minimum atomic E-state index is -0.410. The molecule has 0 saturated carbocycles. The molecule has 1 atom stereocenters. The number of amides is 1. The van der Waals surface area contributed by atoms with E-state index in [0.29, 0.717) is 44.5 Å². The third-order valence-electron chi connectivity index (χ3n) is 7.23. The number of fused-ring (bicyclic) bond motifs is 1. The maximum Gasteiger partial charge on any atom is 0.269 e. The third-order valence-corrected chi connectivity index (χ3v) is 7.23. The zero-order chi connectivity index (χ0) is 25.7. The molecule has 1 saturated heterocycles. The summed E-state index contributed by atoms with van der Waals surface area (Å²) in [5.74, 6) is 0.0773. The predicted octanol–water partition coefficient (Wildman–Crippen LogP) is 5.76. The van der Waals surface area contributed by atoms with E-state index >= 15 is 0 Å². The first-order valence-electron chi connectivity index (χ1n) is 12.7.